The van der Waals surface area contributed by atoms with Gasteiger partial charge in [0.05, 0.1) is 6.54 Å². The van der Waals surface area contributed by atoms with E-state index in [1.807, 2.05) is 25.1 Å². The number of ketones is 1. The minimum atomic E-state index is -0.0773. The van der Waals surface area contributed by atoms with Gasteiger partial charge in [-0.15, -0.1) is 0 Å². The van der Waals surface area contributed by atoms with Crippen molar-refractivity contribution in [3.8, 4) is 11.5 Å². The number of carbonyl (C=O) groups is 2. The van der Waals surface area contributed by atoms with Crippen molar-refractivity contribution in [2.24, 2.45) is 5.92 Å². The largest absolute Gasteiger partial charge is 0.486 e. The second-order valence-electron chi connectivity index (χ2n) is 7.79. The van der Waals surface area contributed by atoms with E-state index in [2.05, 4.69) is 10.2 Å². The SMILES string of the molecule is Cc1ccc(NC(=O)CN2CCC(C(=O)c3ccc4c(c3)OCCO4)CC2)cc1Cl. The molecule has 158 valence electrons. The van der Waals surface area contributed by atoms with Crippen LogP contribution in [0, 0.1) is 12.8 Å². The number of benzene rings is 2. The second kappa shape index (κ2) is 9.06. The molecule has 30 heavy (non-hydrogen) atoms. The van der Waals surface area contributed by atoms with Crippen molar-refractivity contribution in [3.63, 3.8) is 0 Å². The van der Waals surface area contributed by atoms with E-state index in [9.17, 15) is 9.59 Å². The van der Waals surface area contributed by atoms with Crippen LogP contribution in [0.4, 0.5) is 5.69 Å². The topological polar surface area (TPSA) is 67.9 Å². The first-order valence-electron chi connectivity index (χ1n) is 10.2. The zero-order chi connectivity index (χ0) is 21.1. The first-order valence-corrected chi connectivity index (χ1v) is 10.6. The van der Waals surface area contributed by atoms with Gasteiger partial charge in [-0.3, -0.25) is 14.5 Å². The van der Waals surface area contributed by atoms with Crippen molar-refractivity contribution in [3.05, 3.63) is 52.5 Å². The summed E-state index contributed by atoms with van der Waals surface area (Å²) in [4.78, 5) is 27.4. The Morgan fingerprint density at radius 3 is 2.53 bits per heavy atom. The van der Waals surface area contributed by atoms with Crippen LogP contribution in [0.5, 0.6) is 11.5 Å². The number of anilines is 1. The summed E-state index contributed by atoms with van der Waals surface area (Å²) in [5.41, 5.74) is 2.32. The summed E-state index contributed by atoms with van der Waals surface area (Å²) in [6.45, 7) is 4.68. The van der Waals surface area contributed by atoms with Crippen LogP contribution in [0.1, 0.15) is 28.8 Å². The molecule has 0 aromatic heterocycles. The number of amides is 1. The third kappa shape index (κ3) is 4.77. The van der Waals surface area contributed by atoms with E-state index in [0.29, 0.717) is 60.6 Å². The van der Waals surface area contributed by atoms with Gasteiger partial charge < -0.3 is 14.8 Å². The molecule has 4 rings (SSSR count). The van der Waals surface area contributed by atoms with Crippen LogP contribution < -0.4 is 14.8 Å². The molecule has 2 aliphatic rings. The molecule has 1 N–H and O–H groups in total. The monoisotopic (exact) mass is 428 g/mol. The lowest BCUT2D eigenvalue weighted by Crippen LogP contribution is -2.40. The fourth-order valence-corrected chi connectivity index (χ4v) is 4.04. The van der Waals surface area contributed by atoms with Crippen molar-refractivity contribution in [2.45, 2.75) is 19.8 Å². The number of carbonyl (C=O) groups excluding carboxylic acids is 2. The number of hydrogen-bond donors (Lipinski definition) is 1. The highest BCUT2D eigenvalue weighted by Gasteiger charge is 2.27. The minimum Gasteiger partial charge on any atom is -0.486 e. The van der Waals surface area contributed by atoms with E-state index in [4.69, 9.17) is 21.1 Å². The maximum absolute atomic E-state index is 12.9. The molecule has 1 fully saturated rings. The summed E-state index contributed by atoms with van der Waals surface area (Å²) in [5.74, 6) is 1.34. The van der Waals surface area contributed by atoms with Gasteiger partial charge in [-0.25, -0.2) is 0 Å². The third-order valence-corrected chi connectivity index (χ3v) is 6.02. The first kappa shape index (κ1) is 20.7. The molecule has 0 unspecified atom stereocenters. The zero-order valence-corrected chi connectivity index (χ0v) is 17.7. The number of likely N-dealkylation sites (tertiary alicyclic amines) is 1. The number of ether oxygens (including phenoxy) is 2. The maximum atomic E-state index is 12.9. The average Bonchev–Trinajstić information content (AvgIpc) is 2.76. The van der Waals surface area contributed by atoms with Gasteiger partial charge in [0, 0.05) is 22.2 Å². The van der Waals surface area contributed by atoms with Crippen molar-refractivity contribution in [2.75, 3.05) is 38.2 Å². The number of piperidine rings is 1. The van der Waals surface area contributed by atoms with Crippen LogP contribution in [0.2, 0.25) is 5.02 Å². The Balaban J connectivity index is 1.28. The number of rotatable bonds is 5. The average molecular weight is 429 g/mol. The van der Waals surface area contributed by atoms with Gasteiger partial charge in [0.25, 0.3) is 0 Å². The van der Waals surface area contributed by atoms with Crippen molar-refractivity contribution in [1.82, 2.24) is 4.90 Å². The van der Waals surface area contributed by atoms with Gasteiger partial charge in [-0.05, 0) is 68.8 Å². The zero-order valence-electron chi connectivity index (χ0n) is 16.9. The van der Waals surface area contributed by atoms with Crippen LogP contribution in [0.3, 0.4) is 0 Å². The molecular formula is C23H25ClN2O4. The Morgan fingerprint density at radius 2 is 1.80 bits per heavy atom. The molecule has 0 bridgehead atoms. The molecule has 2 heterocycles. The maximum Gasteiger partial charge on any atom is 0.238 e. The Kier molecular flexibility index (Phi) is 6.25. The number of aryl methyl sites for hydroxylation is 1. The van der Waals surface area contributed by atoms with Gasteiger partial charge in [-0.1, -0.05) is 17.7 Å². The summed E-state index contributed by atoms with van der Waals surface area (Å²) in [5, 5.41) is 3.52. The molecule has 0 atom stereocenters. The van der Waals surface area contributed by atoms with E-state index < -0.39 is 0 Å². The van der Waals surface area contributed by atoms with Crippen molar-refractivity contribution < 1.29 is 19.1 Å². The van der Waals surface area contributed by atoms with Crippen molar-refractivity contribution in [1.29, 1.82) is 0 Å². The van der Waals surface area contributed by atoms with E-state index in [-0.39, 0.29) is 17.6 Å². The molecule has 2 aromatic rings. The summed E-state index contributed by atoms with van der Waals surface area (Å²) < 4.78 is 11.1. The molecule has 6 nitrogen and oxygen atoms in total. The third-order valence-electron chi connectivity index (χ3n) is 5.61. The molecule has 1 saturated heterocycles. The fraction of sp³-hybridized carbons (Fsp3) is 0.391. The highest BCUT2D eigenvalue weighted by molar-refractivity contribution is 6.31. The molecule has 7 heteroatoms. The fourth-order valence-electron chi connectivity index (χ4n) is 3.86. The summed E-state index contributed by atoms with van der Waals surface area (Å²) in [6, 6.07) is 10.9. The van der Waals surface area contributed by atoms with Gasteiger partial charge in [0.2, 0.25) is 5.91 Å². The predicted octanol–water partition coefficient (Wildman–Crippen LogP) is 3.95. The Morgan fingerprint density at radius 1 is 1.07 bits per heavy atom. The van der Waals surface area contributed by atoms with Gasteiger partial charge in [0.15, 0.2) is 17.3 Å². The highest BCUT2D eigenvalue weighted by atomic mass is 35.5. The summed E-state index contributed by atoms with van der Waals surface area (Å²) in [7, 11) is 0. The Labute approximate surface area is 181 Å². The first-order chi connectivity index (χ1) is 14.5. The highest BCUT2D eigenvalue weighted by Crippen LogP contribution is 2.32. The Bertz CT molecular complexity index is 954. The summed E-state index contributed by atoms with van der Waals surface area (Å²) >= 11 is 6.12. The van der Waals surface area contributed by atoms with E-state index in [1.54, 1.807) is 18.2 Å². The lowest BCUT2D eigenvalue weighted by Gasteiger charge is -2.31. The van der Waals surface area contributed by atoms with E-state index >= 15 is 0 Å². The van der Waals surface area contributed by atoms with Crippen LogP contribution in [-0.2, 0) is 4.79 Å². The molecular weight excluding hydrogens is 404 g/mol. The molecule has 0 radical (unpaired) electrons. The lowest BCUT2D eigenvalue weighted by molar-refractivity contribution is -0.117. The van der Waals surface area contributed by atoms with E-state index in [1.165, 1.54) is 0 Å². The van der Waals surface area contributed by atoms with E-state index in [0.717, 1.165) is 18.4 Å². The number of fused-ring (bicyclic) bond motifs is 1. The molecule has 0 saturated carbocycles. The molecule has 2 aromatic carbocycles. The Hall–Kier alpha value is -2.57. The number of nitrogens with zero attached hydrogens (tertiary/aromatic N) is 1. The van der Waals surface area contributed by atoms with Crippen LogP contribution in [0.25, 0.3) is 0 Å². The van der Waals surface area contributed by atoms with Gasteiger partial charge >= 0.3 is 0 Å². The van der Waals surface area contributed by atoms with Gasteiger partial charge in [0.1, 0.15) is 13.2 Å². The van der Waals surface area contributed by atoms with Crippen LogP contribution in [-0.4, -0.2) is 49.4 Å². The number of halogens is 1. The molecule has 0 aliphatic carbocycles. The summed E-state index contributed by atoms with van der Waals surface area (Å²) in [6.07, 6.45) is 1.47. The number of Topliss-reactive ketones (excluding diaryl/α,β-unsaturated/α-hetero) is 1. The van der Waals surface area contributed by atoms with Gasteiger partial charge in [-0.2, -0.15) is 0 Å². The number of nitrogens with one attached hydrogen (secondary N) is 1. The van der Waals surface area contributed by atoms with Crippen LogP contribution >= 0.6 is 11.6 Å². The van der Waals surface area contributed by atoms with Crippen molar-refractivity contribution >= 4 is 29.0 Å². The minimum absolute atomic E-state index is 0.0391. The normalized spacial score (nSPS) is 16.9. The quantitative estimate of drug-likeness (QED) is 0.730. The molecule has 0 spiro atoms. The second-order valence-corrected chi connectivity index (χ2v) is 8.19. The predicted molar refractivity (Wildman–Crippen MR) is 116 cm³/mol. The molecule has 2 aliphatic heterocycles. The van der Waals surface area contributed by atoms with Crippen LogP contribution in [0.15, 0.2) is 36.4 Å². The number of hydrogen-bond acceptors (Lipinski definition) is 5. The lowest BCUT2D eigenvalue weighted by atomic mass is 9.88. The molecule has 1 amide bonds. The standard InChI is InChI=1S/C23H25ClN2O4/c1-15-2-4-18(13-19(15)24)25-22(27)14-26-8-6-16(7-9-26)23(28)17-3-5-20-21(12-17)30-11-10-29-20/h2-5,12-13,16H,6-11,14H2,1H3,(H,25,27). The smallest absolute Gasteiger partial charge is 0.238 e.